The van der Waals surface area contributed by atoms with Crippen LogP contribution in [0.1, 0.15) is 23.5 Å². The Morgan fingerprint density at radius 2 is 1.62 bits per heavy atom. The largest absolute Gasteiger partial charge is 0.378 e. The third-order valence-corrected chi connectivity index (χ3v) is 6.04. The molecule has 2 atom stereocenters. The van der Waals surface area contributed by atoms with Crippen molar-refractivity contribution in [3.63, 3.8) is 0 Å². The summed E-state index contributed by atoms with van der Waals surface area (Å²) in [6.45, 7) is 0. The molecule has 32 heavy (non-hydrogen) atoms. The molecule has 0 saturated carbocycles. The summed E-state index contributed by atoms with van der Waals surface area (Å²) in [5.41, 5.74) is 4.20. The van der Waals surface area contributed by atoms with Crippen LogP contribution in [0.5, 0.6) is 0 Å². The molecular formula is C25H24N6S. The first-order chi connectivity index (χ1) is 15.6. The molecule has 3 aromatic heterocycles. The second-order valence-electron chi connectivity index (χ2n) is 7.90. The topological polar surface area (TPSA) is 49.2 Å². The first kappa shape index (κ1) is 20.2. The summed E-state index contributed by atoms with van der Waals surface area (Å²) in [7, 11) is 4.08. The lowest BCUT2D eigenvalue weighted by atomic mass is 10.0. The zero-order chi connectivity index (χ0) is 22.1. The normalized spacial score (nSPS) is 17.9. The summed E-state index contributed by atoms with van der Waals surface area (Å²) in [6, 6.07) is 24.4. The van der Waals surface area contributed by atoms with Crippen LogP contribution in [0.15, 0.2) is 91.4 Å². The summed E-state index contributed by atoms with van der Waals surface area (Å²) in [5.74, 6) is 0.869. The Balaban J connectivity index is 1.64. The van der Waals surface area contributed by atoms with Gasteiger partial charge in [0.1, 0.15) is 11.9 Å². The number of benzene rings is 1. The van der Waals surface area contributed by atoms with Crippen molar-refractivity contribution in [3.05, 3.63) is 103 Å². The van der Waals surface area contributed by atoms with Crippen molar-refractivity contribution in [2.75, 3.05) is 23.9 Å². The minimum Gasteiger partial charge on any atom is -0.378 e. The van der Waals surface area contributed by atoms with Crippen molar-refractivity contribution in [2.24, 2.45) is 0 Å². The van der Waals surface area contributed by atoms with Gasteiger partial charge in [0, 0.05) is 49.8 Å². The van der Waals surface area contributed by atoms with Gasteiger partial charge in [0.2, 0.25) is 0 Å². The lowest BCUT2D eigenvalue weighted by Crippen LogP contribution is -2.30. The molecule has 1 fully saturated rings. The molecule has 4 aromatic rings. The average molecular weight is 441 g/mol. The molecule has 0 unspecified atom stereocenters. The minimum atomic E-state index is -0.102. The number of nitrogens with zero attached hydrogens (tertiary/aromatic N) is 5. The number of nitrogens with one attached hydrogen (secondary N) is 1. The first-order valence-electron chi connectivity index (χ1n) is 10.5. The number of thiocarbonyl (C=S) groups is 1. The van der Waals surface area contributed by atoms with Gasteiger partial charge in [-0.05, 0) is 72.9 Å². The first-order valence-corrected chi connectivity index (χ1v) is 10.9. The van der Waals surface area contributed by atoms with Crippen LogP contribution >= 0.6 is 12.2 Å². The Labute approximate surface area is 193 Å². The number of pyridine rings is 2. The molecule has 0 radical (unpaired) electrons. The zero-order valence-corrected chi connectivity index (χ0v) is 18.8. The van der Waals surface area contributed by atoms with Crippen LogP contribution in [-0.2, 0) is 0 Å². The predicted molar refractivity (Wildman–Crippen MR) is 132 cm³/mol. The fourth-order valence-electron chi connectivity index (χ4n) is 4.18. The van der Waals surface area contributed by atoms with Crippen molar-refractivity contribution in [2.45, 2.75) is 12.1 Å². The van der Waals surface area contributed by atoms with E-state index < -0.39 is 0 Å². The second-order valence-corrected chi connectivity index (χ2v) is 8.29. The maximum Gasteiger partial charge on any atom is 0.174 e. The molecule has 1 saturated heterocycles. The van der Waals surface area contributed by atoms with E-state index in [4.69, 9.17) is 12.2 Å². The van der Waals surface area contributed by atoms with Gasteiger partial charge in [-0.3, -0.25) is 4.98 Å². The quantitative estimate of drug-likeness (QED) is 0.461. The molecule has 1 N–H and O–H groups in total. The minimum absolute atomic E-state index is 0.0976. The smallest absolute Gasteiger partial charge is 0.174 e. The van der Waals surface area contributed by atoms with Gasteiger partial charge in [-0.1, -0.05) is 12.1 Å². The second kappa shape index (κ2) is 8.43. The van der Waals surface area contributed by atoms with Crippen molar-refractivity contribution in [1.29, 1.82) is 0 Å². The maximum atomic E-state index is 5.85. The maximum absolute atomic E-state index is 5.85. The van der Waals surface area contributed by atoms with E-state index in [1.165, 1.54) is 0 Å². The number of rotatable bonds is 5. The number of hydrogen-bond donors (Lipinski definition) is 1. The molecule has 0 amide bonds. The van der Waals surface area contributed by atoms with Crippen molar-refractivity contribution < 1.29 is 0 Å². The van der Waals surface area contributed by atoms with E-state index in [0.29, 0.717) is 5.11 Å². The molecule has 0 aliphatic carbocycles. The molecule has 0 spiro atoms. The van der Waals surface area contributed by atoms with Crippen LogP contribution in [0, 0.1) is 0 Å². The fourth-order valence-corrected chi connectivity index (χ4v) is 4.53. The lowest BCUT2D eigenvalue weighted by Gasteiger charge is -2.29. The van der Waals surface area contributed by atoms with Crippen molar-refractivity contribution in [3.8, 4) is 5.82 Å². The van der Waals surface area contributed by atoms with Crippen LogP contribution in [0.2, 0.25) is 0 Å². The third kappa shape index (κ3) is 3.61. The summed E-state index contributed by atoms with van der Waals surface area (Å²) in [5, 5.41) is 4.20. The van der Waals surface area contributed by atoms with Gasteiger partial charge in [0.05, 0.1) is 11.7 Å². The van der Waals surface area contributed by atoms with Crippen molar-refractivity contribution in [1.82, 2.24) is 19.9 Å². The summed E-state index contributed by atoms with van der Waals surface area (Å²) < 4.78 is 2.12. The molecular weight excluding hydrogens is 416 g/mol. The summed E-state index contributed by atoms with van der Waals surface area (Å²) in [4.78, 5) is 13.5. The van der Waals surface area contributed by atoms with Gasteiger partial charge >= 0.3 is 0 Å². The van der Waals surface area contributed by atoms with E-state index in [0.717, 1.165) is 28.6 Å². The Bertz CT molecular complexity index is 1200. The Hall–Kier alpha value is -3.71. The highest BCUT2D eigenvalue weighted by Crippen LogP contribution is 2.42. The van der Waals surface area contributed by atoms with E-state index in [-0.39, 0.29) is 12.1 Å². The van der Waals surface area contributed by atoms with E-state index in [9.17, 15) is 0 Å². The van der Waals surface area contributed by atoms with E-state index >= 15 is 0 Å². The van der Waals surface area contributed by atoms with E-state index in [1.807, 2.05) is 75.2 Å². The molecule has 4 heterocycles. The molecule has 1 aliphatic rings. The summed E-state index contributed by atoms with van der Waals surface area (Å²) >= 11 is 5.85. The predicted octanol–water partition coefficient (Wildman–Crippen LogP) is 4.51. The van der Waals surface area contributed by atoms with Crippen LogP contribution in [0.25, 0.3) is 5.82 Å². The Kier molecular flexibility index (Phi) is 5.33. The molecule has 5 rings (SSSR count). The van der Waals surface area contributed by atoms with Gasteiger partial charge in [-0.25, -0.2) is 4.98 Å². The van der Waals surface area contributed by atoms with Gasteiger partial charge in [0.15, 0.2) is 5.11 Å². The highest BCUT2D eigenvalue weighted by Gasteiger charge is 2.42. The molecule has 1 aromatic carbocycles. The molecule has 1 aliphatic heterocycles. The van der Waals surface area contributed by atoms with Gasteiger partial charge in [-0.2, -0.15) is 0 Å². The number of anilines is 2. The van der Waals surface area contributed by atoms with Gasteiger partial charge in [-0.15, -0.1) is 0 Å². The van der Waals surface area contributed by atoms with E-state index in [2.05, 4.69) is 60.0 Å². The van der Waals surface area contributed by atoms with Gasteiger partial charge < -0.3 is 19.7 Å². The average Bonchev–Trinajstić information content (AvgIpc) is 3.44. The molecule has 6 nitrogen and oxygen atoms in total. The Morgan fingerprint density at radius 3 is 2.28 bits per heavy atom. The monoisotopic (exact) mass is 440 g/mol. The van der Waals surface area contributed by atoms with Gasteiger partial charge in [0.25, 0.3) is 0 Å². The standard InChI is InChI=1S/C25H24N6S/c1-29(2)18-11-13-19(14-12-18)31-24(23(28-25(31)32)20-8-3-5-15-26-20)21-9-7-17-30(21)22-10-4-6-16-27-22/h3-17,23-24H,1-2H3,(H,28,32)/t23-,24-/m0/s1. The SMILES string of the molecule is CN(C)c1ccc(N2C(=S)N[C@@H](c3ccccn3)[C@@H]2c2cccn2-c2ccccn2)cc1. The zero-order valence-electron chi connectivity index (χ0n) is 18.0. The van der Waals surface area contributed by atoms with Crippen LogP contribution in [-0.4, -0.2) is 33.7 Å². The highest BCUT2D eigenvalue weighted by molar-refractivity contribution is 7.80. The third-order valence-electron chi connectivity index (χ3n) is 5.72. The highest BCUT2D eigenvalue weighted by atomic mass is 32.1. The fraction of sp³-hybridized carbons (Fsp3) is 0.160. The Morgan fingerprint density at radius 1 is 0.875 bits per heavy atom. The van der Waals surface area contributed by atoms with Crippen molar-refractivity contribution >= 4 is 28.7 Å². The van der Waals surface area contributed by atoms with E-state index in [1.54, 1.807) is 0 Å². The lowest BCUT2D eigenvalue weighted by molar-refractivity contribution is 0.548. The molecule has 0 bridgehead atoms. The number of aromatic nitrogens is 3. The van der Waals surface area contributed by atoms with Crippen LogP contribution in [0.3, 0.4) is 0 Å². The summed E-state index contributed by atoms with van der Waals surface area (Å²) in [6.07, 6.45) is 5.68. The molecule has 160 valence electrons. The van der Waals surface area contributed by atoms with Crippen LogP contribution < -0.4 is 15.1 Å². The van der Waals surface area contributed by atoms with Crippen LogP contribution in [0.4, 0.5) is 11.4 Å². The molecule has 7 heteroatoms. The number of hydrogen-bond acceptors (Lipinski definition) is 4.